The van der Waals surface area contributed by atoms with E-state index in [0.717, 1.165) is 24.6 Å². The zero-order valence-corrected chi connectivity index (χ0v) is 20.7. The summed E-state index contributed by atoms with van der Waals surface area (Å²) in [5.74, 6) is -0.708. The summed E-state index contributed by atoms with van der Waals surface area (Å²) in [6.45, 7) is 8.24. The predicted molar refractivity (Wildman–Crippen MR) is 128 cm³/mol. The SMILES string of the molecule is CC(CSC(=O)c1ccccc1)C(=O)N1CCC[C@H]1C(=O)N1CCC[C@H]1C(=O)OC(C)(C)C. The summed E-state index contributed by atoms with van der Waals surface area (Å²) in [6.07, 6.45) is 2.65. The molecule has 1 aromatic carbocycles. The molecule has 0 saturated carbocycles. The average molecular weight is 475 g/mol. The molecule has 0 aliphatic carbocycles. The van der Waals surface area contributed by atoms with Gasteiger partial charge in [0.15, 0.2) is 0 Å². The molecule has 2 fully saturated rings. The smallest absolute Gasteiger partial charge is 0.329 e. The Kier molecular flexibility index (Phi) is 8.21. The second-order valence-electron chi connectivity index (χ2n) is 9.78. The van der Waals surface area contributed by atoms with Crippen LogP contribution in [0.3, 0.4) is 0 Å². The Hall–Kier alpha value is -2.35. The molecule has 180 valence electrons. The number of hydrogen-bond acceptors (Lipinski definition) is 6. The molecule has 3 atom stereocenters. The lowest BCUT2D eigenvalue weighted by Gasteiger charge is -2.32. The van der Waals surface area contributed by atoms with Crippen molar-refractivity contribution in [3.8, 4) is 0 Å². The Morgan fingerprint density at radius 1 is 1.00 bits per heavy atom. The lowest BCUT2D eigenvalue weighted by Crippen LogP contribution is -2.52. The number of esters is 1. The third-order valence-electron chi connectivity index (χ3n) is 5.93. The van der Waals surface area contributed by atoms with Gasteiger partial charge in [-0.15, -0.1) is 0 Å². The van der Waals surface area contributed by atoms with E-state index >= 15 is 0 Å². The summed E-state index contributed by atoms with van der Waals surface area (Å²) >= 11 is 1.13. The largest absolute Gasteiger partial charge is 0.458 e. The van der Waals surface area contributed by atoms with Gasteiger partial charge in [-0.2, -0.15) is 0 Å². The molecule has 0 bridgehead atoms. The van der Waals surface area contributed by atoms with Crippen LogP contribution >= 0.6 is 11.8 Å². The Labute approximate surface area is 200 Å². The van der Waals surface area contributed by atoms with Crippen LogP contribution in [-0.2, 0) is 19.1 Å². The van der Waals surface area contributed by atoms with E-state index in [4.69, 9.17) is 4.74 Å². The van der Waals surface area contributed by atoms with Gasteiger partial charge in [0, 0.05) is 30.3 Å². The monoisotopic (exact) mass is 474 g/mol. The first-order valence-electron chi connectivity index (χ1n) is 11.6. The molecule has 2 amide bonds. The van der Waals surface area contributed by atoms with Gasteiger partial charge in [-0.05, 0) is 46.5 Å². The number of hydrogen-bond donors (Lipinski definition) is 0. The van der Waals surface area contributed by atoms with Crippen LogP contribution in [0.2, 0.25) is 0 Å². The number of carbonyl (C=O) groups is 4. The molecule has 3 rings (SSSR count). The molecule has 0 spiro atoms. The molecule has 7 nitrogen and oxygen atoms in total. The van der Waals surface area contributed by atoms with Gasteiger partial charge in [0.05, 0.1) is 0 Å². The first kappa shape index (κ1) is 25.3. The van der Waals surface area contributed by atoms with Crippen LogP contribution in [0, 0.1) is 5.92 Å². The molecule has 0 radical (unpaired) electrons. The number of ether oxygens (including phenoxy) is 1. The number of benzene rings is 1. The highest BCUT2D eigenvalue weighted by Gasteiger charge is 2.43. The van der Waals surface area contributed by atoms with Crippen molar-refractivity contribution in [1.29, 1.82) is 0 Å². The maximum absolute atomic E-state index is 13.4. The average Bonchev–Trinajstić information content (AvgIpc) is 3.45. The summed E-state index contributed by atoms with van der Waals surface area (Å²) < 4.78 is 5.52. The van der Waals surface area contributed by atoms with Crippen molar-refractivity contribution in [3.05, 3.63) is 35.9 Å². The lowest BCUT2D eigenvalue weighted by molar-refractivity contribution is -0.164. The highest BCUT2D eigenvalue weighted by molar-refractivity contribution is 8.14. The summed E-state index contributed by atoms with van der Waals surface area (Å²) in [6, 6.07) is 7.84. The summed E-state index contributed by atoms with van der Waals surface area (Å²) in [4.78, 5) is 54.8. The minimum absolute atomic E-state index is 0.0680. The highest BCUT2D eigenvalue weighted by atomic mass is 32.2. The van der Waals surface area contributed by atoms with Crippen molar-refractivity contribution < 1.29 is 23.9 Å². The fraction of sp³-hybridized carbons (Fsp3) is 0.600. The highest BCUT2D eigenvalue weighted by Crippen LogP contribution is 2.28. The van der Waals surface area contributed by atoms with Crippen LogP contribution in [0.4, 0.5) is 0 Å². The van der Waals surface area contributed by atoms with Crippen molar-refractivity contribution >= 4 is 34.7 Å². The number of amides is 2. The van der Waals surface area contributed by atoms with Gasteiger partial charge in [0.2, 0.25) is 16.9 Å². The molecule has 2 aliphatic heterocycles. The van der Waals surface area contributed by atoms with Crippen LogP contribution < -0.4 is 0 Å². The summed E-state index contributed by atoms with van der Waals surface area (Å²) in [5, 5.41) is -0.0680. The number of likely N-dealkylation sites (tertiary alicyclic amines) is 2. The second-order valence-corrected chi connectivity index (χ2v) is 10.8. The molecular weight excluding hydrogens is 440 g/mol. The van der Waals surface area contributed by atoms with Crippen LogP contribution in [0.15, 0.2) is 30.3 Å². The van der Waals surface area contributed by atoms with Crippen molar-refractivity contribution in [2.45, 2.75) is 71.1 Å². The van der Waals surface area contributed by atoms with E-state index in [1.54, 1.807) is 28.9 Å². The van der Waals surface area contributed by atoms with Gasteiger partial charge in [0.25, 0.3) is 0 Å². The number of carbonyl (C=O) groups excluding carboxylic acids is 4. The van der Waals surface area contributed by atoms with Crippen molar-refractivity contribution in [1.82, 2.24) is 9.80 Å². The lowest BCUT2D eigenvalue weighted by atomic mass is 10.1. The van der Waals surface area contributed by atoms with Crippen molar-refractivity contribution in [2.24, 2.45) is 5.92 Å². The molecule has 2 saturated heterocycles. The Balaban J connectivity index is 1.60. The number of thioether (sulfide) groups is 1. The first-order chi connectivity index (χ1) is 15.6. The van der Waals surface area contributed by atoms with Gasteiger partial charge < -0.3 is 14.5 Å². The minimum Gasteiger partial charge on any atom is -0.458 e. The van der Waals surface area contributed by atoms with Crippen LogP contribution in [0.25, 0.3) is 0 Å². The van der Waals surface area contributed by atoms with E-state index in [0.29, 0.717) is 37.2 Å². The third kappa shape index (κ3) is 6.37. The van der Waals surface area contributed by atoms with E-state index in [9.17, 15) is 19.2 Å². The quantitative estimate of drug-likeness (QED) is 0.587. The molecule has 0 aromatic heterocycles. The van der Waals surface area contributed by atoms with E-state index < -0.39 is 23.6 Å². The summed E-state index contributed by atoms with van der Waals surface area (Å²) in [5.41, 5.74) is -0.00722. The molecule has 1 unspecified atom stereocenters. The van der Waals surface area contributed by atoms with E-state index in [-0.39, 0.29) is 22.9 Å². The molecule has 33 heavy (non-hydrogen) atoms. The van der Waals surface area contributed by atoms with E-state index in [1.807, 2.05) is 39.0 Å². The molecule has 0 N–H and O–H groups in total. The van der Waals surface area contributed by atoms with Crippen LogP contribution in [-0.4, -0.2) is 69.2 Å². The molecule has 8 heteroatoms. The zero-order valence-electron chi connectivity index (χ0n) is 19.9. The topological polar surface area (TPSA) is 84.0 Å². The third-order valence-corrected chi connectivity index (χ3v) is 7.10. The first-order valence-corrected chi connectivity index (χ1v) is 12.6. The molecule has 1 aromatic rings. The van der Waals surface area contributed by atoms with Gasteiger partial charge in [0.1, 0.15) is 17.7 Å². The normalized spacial score (nSPS) is 21.7. The Bertz CT molecular complexity index is 883. The predicted octanol–water partition coefficient (Wildman–Crippen LogP) is 3.52. The van der Waals surface area contributed by atoms with E-state index in [1.165, 1.54) is 0 Å². The van der Waals surface area contributed by atoms with Gasteiger partial charge in [-0.25, -0.2) is 4.79 Å². The Morgan fingerprint density at radius 2 is 1.61 bits per heavy atom. The minimum atomic E-state index is -0.617. The van der Waals surface area contributed by atoms with E-state index in [2.05, 4.69) is 0 Å². The van der Waals surface area contributed by atoms with Crippen LogP contribution in [0.5, 0.6) is 0 Å². The zero-order chi connectivity index (χ0) is 24.2. The van der Waals surface area contributed by atoms with Gasteiger partial charge in [-0.1, -0.05) is 49.0 Å². The second kappa shape index (κ2) is 10.7. The van der Waals surface area contributed by atoms with Crippen molar-refractivity contribution in [2.75, 3.05) is 18.8 Å². The molecule has 2 heterocycles. The maximum Gasteiger partial charge on any atom is 0.329 e. The Morgan fingerprint density at radius 3 is 2.24 bits per heavy atom. The molecular formula is C25H34N2O5S. The standard InChI is InChI=1S/C25H34N2O5S/c1-17(16-33-24(31)18-10-6-5-7-11-18)21(28)26-14-8-12-19(26)22(29)27-15-9-13-20(27)23(30)32-25(2,3)4/h5-7,10-11,17,19-20H,8-9,12-16H2,1-4H3/t17?,19-,20-/m0/s1. The van der Waals surface area contributed by atoms with Gasteiger partial charge >= 0.3 is 5.97 Å². The fourth-order valence-electron chi connectivity index (χ4n) is 4.34. The van der Waals surface area contributed by atoms with Crippen molar-refractivity contribution in [3.63, 3.8) is 0 Å². The van der Waals surface area contributed by atoms with Crippen LogP contribution in [0.1, 0.15) is 63.7 Å². The number of rotatable bonds is 6. The van der Waals surface area contributed by atoms with Gasteiger partial charge in [-0.3, -0.25) is 14.4 Å². The molecule has 2 aliphatic rings. The summed E-state index contributed by atoms with van der Waals surface area (Å²) in [7, 11) is 0. The number of nitrogens with zero attached hydrogens (tertiary/aromatic N) is 2. The maximum atomic E-state index is 13.4. The fourth-order valence-corrected chi connectivity index (χ4v) is 5.18.